The predicted octanol–water partition coefficient (Wildman–Crippen LogP) is 9.41. The van der Waals surface area contributed by atoms with Gasteiger partial charge < -0.3 is 18.5 Å². The van der Waals surface area contributed by atoms with Crippen LogP contribution in [0.15, 0.2) is 131 Å². The van der Waals surface area contributed by atoms with E-state index in [0.717, 1.165) is 39.1 Å². The van der Waals surface area contributed by atoms with Crippen molar-refractivity contribution in [1.29, 1.82) is 5.26 Å². The monoisotopic (exact) mass is 587 g/mol. The molecule has 2 aromatic heterocycles. The summed E-state index contributed by atoms with van der Waals surface area (Å²) in [4.78, 5) is 4.79. The smallest absolute Gasteiger partial charge is 0.238 e. The lowest BCUT2D eigenvalue weighted by atomic mass is 9.98. The molecule has 0 aliphatic heterocycles. The van der Waals surface area contributed by atoms with Gasteiger partial charge in [0.25, 0.3) is 0 Å². The molecule has 0 radical (unpaired) electrons. The van der Waals surface area contributed by atoms with E-state index in [0.29, 0.717) is 23.4 Å². The number of nitriles is 1. The Morgan fingerprint density at radius 2 is 1.40 bits per heavy atom. The van der Waals surface area contributed by atoms with Crippen molar-refractivity contribution in [3.05, 3.63) is 138 Å². The van der Waals surface area contributed by atoms with Crippen LogP contribution in [0.2, 0.25) is 0 Å². The average Bonchev–Trinajstić information content (AvgIpc) is 3.65. The second-order valence-corrected chi connectivity index (χ2v) is 10.7. The van der Waals surface area contributed by atoms with E-state index >= 15 is 0 Å². The standard InChI is InChI=1S/C39H29N3O3/c1-43-31-18-14-27(15-19-31)37-35(22-40)39(45-38(37)28-16-20-32(44-2)21-17-28)41-23-30-25-42(36-13-6-5-12-34(30)36)24-29-10-7-9-26-8-3-4-11-33(26)29/h3-21,23,25H,24H2,1-2H3/b41-23+. The van der Waals surface area contributed by atoms with Gasteiger partial charge in [-0.25, -0.2) is 4.99 Å². The number of furan rings is 1. The molecule has 0 N–H and O–H groups in total. The minimum Gasteiger partial charge on any atom is -0.497 e. The summed E-state index contributed by atoms with van der Waals surface area (Å²) >= 11 is 0. The van der Waals surface area contributed by atoms with Crippen LogP contribution in [0.25, 0.3) is 44.1 Å². The SMILES string of the molecule is COc1ccc(-c2oc(/N=C/c3cn(Cc4cccc5ccccc45)c4ccccc34)c(C#N)c2-c2ccc(OC)cc2)cc1. The lowest BCUT2D eigenvalue weighted by Crippen LogP contribution is -1.98. The van der Waals surface area contributed by atoms with Crippen LogP contribution in [-0.2, 0) is 6.54 Å². The van der Waals surface area contributed by atoms with Crippen molar-refractivity contribution in [2.45, 2.75) is 6.54 Å². The zero-order valence-electron chi connectivity index (χ0n) is 24.9. The molecule has 6 heteroatoms. The van der Waals surface area contributed by atoms with Crippen LogP contribution in [0.4, 0.5) is 5.88 Å². The highest BCUT2D eigenvalue weighted by Crippen LogP contribution is 2.43. The molecule has 6 nitrogen and oxygen atoms in total. The molecule has 7 rings (SSSR count). The molecular formula is C39H29N3O3. The molecule has 0 spiro atoms. The van der Waals surface area contributed by atoms with Gasteiger partial charge in [0.2, 0.25) is 5.88 Å². The quantitative estimate of drug-likeness (QED) is 0.166. The summed E-state index contributed by atoms with van der Waals surface area (Å²) in [6, 6.07) is 40.7. The summed E-state index contributed by atoms with van der Waals surface area (Å²) in [5.41, 5.74) is 5.95. The van der Waals surface area contributed by atoms with E-state index in [2.05, 4.69) is 71.4 Å². The lowest BCUT2D eigenvalue weighted by molar-refractivity contribution is 0.414. The Hall–Kier alpha value is -6.06. The second-order valence-electron chi connectivity index (χ2n) is 10.7. The molecule has 218 valence electrons. The lowest BCUT2D eigenvalue weighted by Gasteiger charge is -2.09. The highest BCUT2D eigenvalue weighted by Gasteiger charge is 2.23. The Kier molecular flexibility index (Phi) is 7.34. The van der Waals surface area contributed by atoms with E-state index in [1.807, 2.05) is 60.7 Å². The minimum atomic E-state index is 0.250. The van der Waals surface area contributed by atoms with Crippen LogP contribution in [0.5, 0.6) is 11.5 Å². The van der Waals surface area contributed by atoms with Crippen LogP contribution in [0, 0.1) is 11.3 Å². The van der Waals surface area contributed by atoms with E-state index < -0.39 is 0 Å². The summed E-state index contributed by atoms with van der Waals surface area (Å²) in [7, 11) is 3.26. The van der Waals surface area contributed by atoms with E-state index in [1.54, 1.807) is 20.4 Å². The molecule has 45 heavy (non-hydrogen) atoms. The van der Waals surface area contributed by atoms with Crippen LogP contribution in [0.3, 0.4) is 0 Å². The van der Waals surface area contributed by atoms with Crippen LogP contribution in [0.1, 0.15) is 16.7 Å². The number of methoxy groups -OCH3 is 2. The first-order chi connectivity index (χ1) is 22.2. The number of rotatable bonds is 8. The summed E-state index contributed by atoms with van der Waals surface area (Å²) in [5.74, 6) is 2.27. The van der Waals surface area contributed by atoms with Gasteiger partial charge in [-0.2, -0.15) is 5.26 Å². The molecule has 0 saturated carbocycles. The molecule has 0 bridgehead atoms. The summed E-state index contributed by atoms with van der Waals surface area (Å²) in [5, 5.41) is 13.9. The van der Waals surface area contributed by atoms with Gasteiger partial charge in [0.05, 0.1) is 14.2 Å². The third-order valence-electron chi connectivity index (χ3n) is 8.09. The van der Waals surface area contributed by atoms with Crippen molar-refractivity contribution in [2.75, 3.05) is 14.2 Å². The van der Waals surface area contributed by atoms with Crippen LogP contribution >= 0.6 is 0 Å². The van der Waals surface area contributed by atoms with Crippen molar-refractivity contribution in [3.63, 3.8) is 0 Å². The summed E-state index contributed by atoms with van der Waals surface area (Å²) in [6.07, 6.45) is 3.90. The van der Waals surface area contributed by atoms with Crippen molar-refractivity contribution >= 4 is 33.8 Å². The molecule has 0 aliphatic rings. The Morgan fingerprint density at radius 1 is 0.756 bits per heavy atom. The molecule has 0 aliphatic carbocycles. The first kappa shape index (κ1) is 27.8. The first-order valence-electron chi connectivity index (χ1n) is 14.6. The Morgan fingerprint density at radius 3 is 2.11 bits per heavy atom. The fraction of sp³-hybridized carbons (Fsp3) is 0.0769. The van der Waals surface area contributed by atoms with E-state index in [-0.39, 0.29) is 5.88 Å². The third kappa shape index (κ3) is 5.21. The van der Waals surface area contributed by atoms with Crippen LogP contribution < -0.4 is 9.47 Å². The van der Waals surface area contributed by atoms with Gasteiger partial charge in [0, 0.05) is 46.5 Å². The van der Waals surface area contributed by atoms with E-state index in [9.17, 15) is 5.26 Å². The molecular weight excluding hydrogens is 558 g/mol. The van der Waals surface area contributed by atoms with Gasteiger partial charge in [-0.1, -0.05) is 72.8 Å². The maximum Gasteiger partial charge on any atom is 0.238 e. The largest absolute Gasteiger partial charge is 0.497 e. The molecule has 0 fully saturated rings. The van der Waals surface area contributed by atoms with Gasteiger partial charge >= 0.3 is 0 Å². The highest BCUT2D eigenvalue weighted by atomic mass is 16.5. The van der Waals surface area contributed by atoms with E-state index in [1.165, 1.54) is 16.3 Å². The number of para-hydroxylation sites is 1. The number of nitrogens with zero attached hydrogens (tertiary/aromatic N) is 3. The zero-order chi connectivity index (χ0) is 30.8. The predicted molar refractivity (Wildman–Crippen MR) is 180 cm³/mol. The molecule has 2 heterocycles. The number of hydrogen-bond donors (Lipinski definition) is 0. The highest BCUT2D eigenvalue weighted by molar-refractivity contribution is 6.01. The molecule has 0 atom stereocenters. The topological polar surface area (TPSA) is 72.7 Å². The fourth-order valence-electron chi connectivity index (χ4n) is 5.84. The normalized spacial score (nSPS) is 11.3. The van der Waals surface area contributed by atoms with Crippen molar-refractivity contribution < 1.29 is 13.9 Å². The van der Waals surface area contributed by atoms with Crippen molar-refractivity contribution in [3.8, 4) is 40.0 Å². The first-order valence-corrected chi connectivity index (χ1v) is 14.6. The maximum absolute atomic E-state index is 10.4. The van der Waals surface area contributed by atoms with Gasteiger partial charge in [0.1, 0.15) is 28.9 Å². The third-order valence-corrected chi connectivity index (χ3v) is 8.09. The Labute approximate surface area is 261 Å². The van der Waals surface area contributed by atoms with E-state index in [4.69, 9.17) is 18.9 Å². The van der Waals surface area contributed by atoms with Gasteiger partial charge in [0.15, 0.2) is 0 Å². The number of fused-ring (bicyclic) bond motifs is 2. The molecule has 5 aromatic carbocycles. The molecule has 7 aromatic rings. The van der Waals surface area contributed by atoms with Gasteiger partial charge in [-0.15, -0.1) is 0 Å². The molecule has 0 unspecified atom stereocenters. The number of aliphatic imine (C=N–C) groups is 1. The molecule has 0 amide bonds. The van der Waals surface area contributed by atoms with Crippen molar-refractivity contribution in [2.24, 2.45) is 4.99 Å². The summed E-state index contributed by atoms with van der Waals surface area (Å²) in [6.45, 7) is 0.711. The maximum atomic E-state index is 10.4. The zero-order valence-corrected chi connectivity index (χ0v) is 24.9. The average molecular weight is 588 g/mol. The number of ether oxygens (including phenoxy) is 2. The molecule has 0 saturated heterocycles. The Bertz CT molecular complexity index is 2210. The number of aromatic nitrogens is 1. The Balaban J connectivity index is 1.32. The van der Waals surface area contributed by atoms with Crippen LogP contribution in [-0.4, -0.2) is 25.0 Å². The second kappa shape index (κ2) is 11.9. The number of hydrogen-bond acceptors (Lipinski definition) is 5. The fourth-order valence-corrected chi connectivity index (χ4v) is 5.84. The van der Waals surface area contributed by atoms with Crippen molar-refractivity contribution in [1.82, 2.24) is 4.57 Å². The van der Waals surface area contributed by atoms with Gasteiger partial charge in [-0.05, 0) is 64.4 Å². The van der Waals surface area contributed by atoms with Gasteiger partial charge in [-0.3, -0.25) is 0 Å². The summed E-state index contributed by atoms with van der Waals surface area (Å²) < 4.78 is 19.4. The minimum absolute atomic E-state index is 0.250. The number of benzene rings is 5.